The Morgan fingerprint density at radius 1 is 1.04 bits per heavy atom. The van der Waals surface area contributed by atoms with Gasteiger partial charge in [-0.3, -0.25) is 14.8 Å². The Bertz CT molecular complexity index is 1060. The monoisotopic (exact) mass is 383 g/mol. The van der Waals surface area contributed by atoms with Crippen molar-refractivity contribution in [2.45, 2.75) is 6.42 Å². The van der Waals surface area contributed by atoms with E-state index in [0.717, 1.165) is 44.9 Å². The van der Waals surface area contributed by atoms with Crippen LogP contribution in [0.15, 0.2) is 33.9 Å². The number of fused-ring (bicyclic) bond motifs is 1. The van der Waals surface area contributed by atoms with E-state index in [2.05, 4.69) is 35.4 Å². The van der Waals surface area contributed by atoms with Crippen LogP contribution in [0.25, 0.3) is 22.6 Å². The van der Waals surface area contributed by atoms with Crippen LogP contribution in [-0.2, 0) is 0 Å². The quantitative estimate of drug-likeness (QED) is 0.497. The van der Waals surface area contributed by atoms with Gasteiger partial charge in [0.05, 0.1) is 6.61 Å². The van der Waals surface area contributed by atoms with Crippen molar-refractivity contribution in [1.82, 2.24) is 35.4 Å². The molecule has 2 aromatic heterocycles. The van der Waals surface area contributed by atoms with Crippen molar-refractivity contribution in [3.05, 3.63) is 45.1 Å². The molecule has 3 N–H and O–H groups in total. The van der Waals surface area contributed by atoms with Gasteiger partial charge in [0, 0.05) is 38.3 Å². The van der Waals surface area contributed by atoms with Crippen LogP contribution in [0.3, 0.4) is 0 Å². The molecule has 0 saturated carbocycles. The molecule has 1 fully saturated rings. The van der Waals surface area contributed by atoms with Crippen LogP contribution in [0.5, 0.6) is 5.75 Å². The number of nitrogens with one attached hydrogen (secondary N) is 3. The molecule has 10 heteroatoms. The SMILES string of the molecule is O=c1[nH]c(=O)c2nc(-c3ccc(OCCCN4CCNCC4)cc3)nnc2[nH]1. The smallest absolute Gasteiger partial charge is 0.327 e. The Morgan fingerprint density at radius 2 is 1.82 bits per heavy atom. The highest BCUT2D eigenvalue weighted by molar-refractivity contribution is 5.70. The Labute approximate surface area is 160 Å². The number of aromatic amines is 2. The molecule has 0 spiro atoms. The second kappa shape index (κ2) is 8.28. The number of ether oxygens (including phenoxy) is 1. The number of nitrogens with zero attached hydrogens (tertiary/aromatic N) is 4. The number of rotatable bonds is 6. The first-order chi connectivity index (χ1) is 13.7. The van der Waals surface area contributed by atoms with Crippen LogP contribution in [0.1, 0.15) is 6.42 Å². The predicted molar refractivity (Wildman–Crippen MR) is 103 cm³/mol. The molecular formula is C18H21N7O3. The van der Waals surface area contributed by atoms with Crippen LogP contribution >= 0.6 is 0 Å². The minimum absolute atomic E-state index is 0.0397. The van der Waals surface area contributed by atoms with Gasteiger partial charge >= 0.3 is 5.69 Å². The van der Waals surface area contributed by atoms with Gasteiger partial charge in [-0.25, -0.2) is 9.78 Å². The number of benzene rings is 1. The van der Waals surface area contributed by atoms with Crippen molar-refractivity contribution in [2.75, 3.05) is 39.3 Å². The second-order valence-electron chi connectivity index (χ2n) is 6.56. The minimum atomic E-state index is -0.639. The van der Waals surface area contributed by atoms with E-state index in [-0.39, 0.29) is 11.2 Å². The highest BCUT2D eigenvalue weighted by atomic mass is 16.5. The molecule has 10 nitrogen and oxygen atoms in total. The third-order valence-electron chi connectivity index (χ3n) is 4.57. The predicted octanol–water partition coefficient (Wildman–Crippen LogP) is -0.257. The molecule has 0 radical (unpaired) electrons. The first-order valence-corrected chi connectivity index (χ1v) is 9.22. The number of hydrogen-bond donors (Lipinski definition) is 3. The molecule has 1 aromatic carbocycles. The summed E-state index contributed by atoms with van der Waals surface area (Å²) in [6.07, 6.45) is 0.973. The van der Waals surface area contributed by atoms with Gasteiger partial charge in [0.15, 0.2) is 17.0 Å². The van der Waals surface area contributed by atoms with Crippen molar-refractivity contribution in [1.29, 1.82) is 0 Å². The van der Waals surface area contributed by atoms with E-state index in [9.17, 15) is 9.59 Å². The topological polar surface area (TPSA) is 129 Å². The lowest BCUT2D eigenvalue weighted by molar-refractivity contribution is 0.214. The average Bonchev–Trinajstić information content (AvgIpc) is 2.72. The van der Waals surface area contributed by atoms with Gasteiger partial charge in [-0.1, -0.05) is 0 Å². The van der Waals surface area contributed by atoms with Crippen LogP contribution in [0, 0.1) is 0 Å². The van der Waals surface area contributed by atoms with Gasteiger partial charge in [0.2, 0.25) is 0 Å². The van der Waals surface area contributed by atoms with Crippen molar-refractivity contribution >= 4 is 11.2 Å². The molecule has 3 aromatic rings. The van der Waals surface area contributed by atoms with Crippen LogP contribution in [0.2, 0.25) is 0 Å². The molecule has 0 unspecified atom stereocenters. The van der Waals surface area contributed by atoms with E-state index in [1.54, 1.807) is 0 Å². The lowest BCUT2D eigenvalue weighted by Crippen LogP contribution is -2.43. The van der Waals surface area contributed by atoms with Gasteiger partial charge in [-0.15, -0.1) is 10.2 Å². The fraction of sp³-hybridized carbons (Fsp3) is 0.389. The summed E-state index contributed by atoms with van der Waals surface area (Å²) >= 11 is 0. The Kier molecular flexibility index (Phi) is 5.40. The normalized spacial score (nSPS) is 15.0. The molecule has 1 aliphatic rings. The summed E-state index contributed by atoms with van der Waals surface area (Å²) < 4.78 is 5.80. The third-order valence-corrected chi connectivity index (χ3v) is 4.57. The first kappa shape index (κ1) is 18.3. The van der Waals surface area contributed by atoms with Gasteiger partial charge < -0.3 is 15.0 Å². The summed E-state index contributed by atoms with van der Waals surface area (Å²) in [6.45, 7) is 5.97. The summed E-state index contributed by atoms with van der Waals surface area (Å²) in [4.78, 5) is 34.3. The molecular weight excluding hydrogens is 362 g/mol. The Morgan fingerprint density at radius 3 is 2.61 bits per heavy atom. The molecule has 146 valence electrons. The molecule has 0 aliphatic carbocycles. The van der Waals surface area contributed by atoms with Crippen molar-refractivity contribution in [2.24, 2.45) is 0 Å². The average molecular weight is 383 g/mol. The number of aromatic nitrogens is 5. The molecule has 0 atom stereocenters. The Balaban J connectivity index is 1.38. The summed E-state index contributed by atoms with van der Waals surface area (Å²) in [7, 11) is 0. The first-order valence-electron chi connectivity index (χ1n) is 9.22. The zero-order chi connectivity index (χ0) is 19.3. The summed E-state index contributed by atoms with van der Waals surface area (Å²) in [5.41, 5.74) is -0.438. The lowest BCUT2D eigenvalue weighted by atomic mass is 10.2. The zero-order valence-electron chi connectivity index (χ0n) is 15.3. The van der Waals surface area contributed by atoms with Gasteiger partial charge in [-0.2, -0.15) is 0 Å². The second-order valence-corrected chi connectivity index (χ2v) is 6.56. The maximum atomic E-state index is 11.9. The van der Waals surface area contributed by atoms with Crippen LogP contribution in [0.4, 0.5) is 0 Å². The maximum absolute atomic E-state index is 11.9. The van der Waals surface area contributed by atoms with E-state index in [0.29, 0.717) is 18.0 Å². The van der Waals surface area contributed by atoms with E-state index < -0.39 is 11.2 Å². The lowest BCUT2D eigenvalue weighted by Gasteiger charge is -2.26. The van der Waals surface area contributed by atoms with Gasteiger partial charge in [0.25, 0.3) is 5.56 Å². The third kappa shape index (κ3) is 4.24. The number of piperazine rings is 1. The zero-order valence-corrected chi connectivity index (χ0v) is 15.3. The molecule has 0 amide bonds. The molecule has 28 heavy (non-hydrogen) atoms. The van der Waals surface area contributed by atoms with E-state index >= 15 is 0 Å². The summed E-state index contributed by atoms with van der Waals surface area (Å²) in [5, 5.41) is 11.2. The van der Waals surface area contributed by atoms with Crippen LogP contribution < -0.4 is 21.3 Å². The fourth-order valence-electron chi connectivity index (χ4n) is 3.10. The van der Waals surface area contributed by atoms with Crippen LogP contribution in [-0.4, -0.2) is 69.4 Å². The molecule has 1 aliphatic heterocycles. The summed E-state index contributed by atoms with van der Waals surface area (Å²) in [6, 6.07) is 7.30. The highest BCUT2D eigenvalue weighted by Gasteiger charge is 2.10. The molecule has 1 saturated heterocycles. The number of hydrogen-bond acceptors (Lipinski definition) is 8. The highest BCUT2D eigenvalue weighted by Crippen LogP contribution is 2.19. The Hall–Kier alpha value is -3.11. The molecule has 4 rings (SSSR count). The van der Waals surface area contributed by atoms with Crippen molar-refractivity contribution in [3.8, 4) is 17.1 Å². The van der Waals surface area contributed by atoms with E-state index in [1.165, 1.54) is 0 Å². The number of H-pyrrole nitrogens is 2. The van der Waals surface area contributed by atoms with Crippen molar-refractivity contribution < 1.29 is 4.74 Å². The largest absolute Gasteiger partial charge is 0.494 e. The van der Waals surface area contributed by atoms with E-state index in [4.69, 9.17) is 4.74 Å². The maximum Gasteiger partial charge on any atom is 0.327 e. The summed E-state index contributed by atoms with van der Waals surface area (Å²) in [5.74, 6) is 1.07. The van der Waals surface area contributed by atoms with E-state index in [1.807, 2.05) is 24.3 Å². The van der Waals surface area contributed by atoms with Gasteiger partial charge in [0.1, 0.15) is 5.75 Å². The van der Waals surface area contributed by atoms with Gasteiger partial charge in [-0.05, 0) is 30.7 Å². The minimum Gasteiger partial charge on any atom is -0.494 e. The molecule has 3 heterocycles. The standard InChI is InChI=1S/C18H21N7O3/c26-17-14-16(21-18(27)22-17)24-23-15(20-14)12-2-4-13(5-3-12)28-11-1-8-25-9-6-19-7-10-25/h2-5,19H,1,6-11H2,(H2,21,22,24,26,27). The van der Waals surface area contributed by atoms with Crippen molar-refractivity contribution in [3.63, 3.8) is 0 Å². The molecule has 0 bridgehead atoms. The fourth-order valence-corrected chi connectivity index (χ4v) is 3.10.